The molecule has 0 fully saturated rings. The minimum Gasteiger partial charge on any atom is -0.496 e. The Kier molecular flexibility index (Phi) is 6.70. The molecule has 1 amide bonds. The minimum absolute atomic E-state index is 0.0281. The Morgan fingerprint density at radius 2 is 1.85 bits per heavy atom. The average Bonchev–Trinajstić information content (AvgIpc) is 2.67. The third-order valence-electron chi connectivity index (χ3n) is 3.63. The van der Waals surface area contributed by atoms with Crippen LogP contribution in [0.25, 0.3) is 0 Å². The summed E-state index contributed by atoms with van der Waals surface area (Å²) in [5.41, 5.74) is 4.39. The van der Waals surface area contributed by atoms with Crippen molar-refractivity contribution >= 4 is 23.5 Å². The van der Waals surface area contributed by atoms with Gasteiger partial charge >= 0.3 is 5.69 Å². The third-order valence-corrected chi connectivity index (χ3v) is 3.63. The van der Waals surface area contributed by atoms with Crippen molar-refractivity contribution in [2.45, 2.75) is 6.92 Å². The number of benzene rings is 2. The molecule has 27 heavy (non-hydrogen) atoms. The Hall–Kier alpha value is -3.62. The van der Waals surface area contributed by atoms with Gasteiger partial charge in [-0.05, 0) is 19.1 Å². The molecular formula is C18H20N4O5. The lowest BCUT2D eigenvalue weighted by Gasteiger charge is -2.08. The predicted molar refractivity (Wildman–Crippen MR) is 102 cm³/mol. The number of rotatable bonds is 8. The maximum absolute atomic E-state index is 11.9. The van der Waals surface area contributed by atoms with Crippen LogP contribution < -0.4 is 20.2 Å². The summed E-state index contributed by atoms with van der Waals surface area (Å²) in [6, 6.07) is 10.3. The smallest absolute Gasteiger partial charge is 0.311 e. The van der Waals surface area contributed by atoms with Gasteiger partial charge in [-0.25, -0.2) is 5.43 Å². The van der Waals surface area contributed by atoms with Gasteiger partial charge in [0.15, 0.2) is 0 Å². The fourth-order valence-electron chi connectivity index (χ4n) is 2.22. The molecule has 0 aromatic heterocycles. The van der Waals surface area contributed by atoms with Crippen molar-refractivity contribution in [3.8, 4) is 11.5 Å². The van der Waals surface area contributed by atoms with Crippen LogP contribution in [0.3, 0.4) is 0 Å². The number of methoxy groups -OCH3 is 2. The highest BCUT2D eigenvalue weighted by molar-refractivity contribution is 5.87. The van der Waals surface area contributed by atoms with E-state index in [1.165, 1.54) is 32.6 Å². The number of nitrogens with zero attached hydrogens (tertiary/aromatic N) is 2. The summed E-state index contributed by atoms with van der Waals surface area (Å²) in [4.78, 5) is 22.4. The molecule has 0 radical (unpaired) electrons. The summed E-state index contributed by atoms with van der Waals surface area (Å²) in [5, 5.41) is 17.9. The highest BCUT2D eigenvalue weighted by atomic mass is 16.6. The molecule has 9 nitrogen and oxygen atoms in total. The topological polar surface area (TPSA) is 115 Å². The van der Waals surface area contributed by atoms with E-state index in [-0.39, 0.29) is 23.9 Å². The van der Waals surface area contributed by atoms with E-state index in [1.54, 1.807) is 0 Å². The summed E-state index contributed by atoms with van der Waals surface area (Å²) in [5.74, 6) is 0.0300. The van der Waals surface area contributed by atoms with Crippen LogP contribution in [-0.2, 0) is 4.79 Å². The molecular weight excluding hydrogens is 352 g/mol. The van der Waals surface area contributed by atoms with Gasteiger partial charge in [0.1, 0.15) is 5.75 Å². The van der Waals surface area contributed by atoms with Crippen LogP contribution >= 0.6 is 0 Å². The van der Waals surface area contributed by atoms with Gasteiger partial charge in [-0.15, -0.1) is 0 Å². The molecule has 0 atom stereocenters. The standard InChI is InChI=1S/C18H20N4O5/c1-12-4-6-14(7-5-12)19-11-18(23)21-20-10-13-8-15(22(24)25)17(27-3)9-16(13)26-2/h4-10,19H,11H2,1-3H3,(H,21,23)/b20-10+. The van der Waals surface area contributed by atoms with Gasteiger partial charge in [0.25, 0.3) is 5.91 Å². The molecule has 0 saturated carbocycles. The van der Waals surface area contributed by atoms with Crippen LogP contribution in [0.4, 0.5) is 11.4 Å². The Morgan fingerprint density at radius 3 is 2.44 bits per heavy atom. The van der Waals surface area contributed by atoms with Gasteiger partial charge in [-0.2, -0.15) is 5.10 Å². The van der Waals surface area contributed by atoms with E-state index >= 15 is 0 Å². The first-order valence-electron chi connectivity index (χ1n) is 7.97. The fraction of sp³-hybridized carbons (Fsp3) is 0.222. The number of nitrogens with one attached hydrogen (secondary N) is 2. The normalized spacial score (nSPS) is 10.5. The van der Waals surface area contributed by atoms with Crippen molar-refractivity contribution in [1.29, 1.82) is 0 Å². The van der Waals surface area contributed by atoms with E-state index in [2.05, 4.69) is 15.8 Å². The molecule has 0 aliphatic carbocycles. The summed E-state index contributed by atoms with van der Waals surface area (Å²) in [6.45, 7) is 2.00. The molecule has 2 N–H and O–H groups in total. The van der Waals surface area contributed by atoms with Crippen LogP contribution in [0.5, 0.6) is 11.5 Å². The minimum atomic E-state index is -0.570. The van der Waals surface area contributed by atoms with E-state index < -0.39 is 4.92 Å². The van der Waals surface area contributed by atoms with Crippen LogP contribution in [0.15, 0.2) is 41.5 Å². The van der Waals surface area contributed by atoms with Crippen LogP contribution in [0.2, 0.25) is 0 Å². The maximum Gasteiger partial charge on any atom is 0.311 e. The number of nitro groups is 1. The lowest BCUT2D eigenvalue weighted by Crippen LogP contribution is -2.25. The molecule has 142 valence electrons. The van der Waals surface area contributed by atoms with Crippen LogP contribution in [0.1, 0.15) is 11.1 Å². The monoisotopic (exact) mass is 372 g/mol. The number of aryl methyl sites for hydroxylation is 1. The highest BCUT2D eigenvalue weighted by Crippen LogP contribution is 2.33. The molecule has 0 aliphatic rings. The fourth-order valence-corrected chi connectivity index (χ4v) is 2.22. The Balaban J connectivity index is 2.02. The number of ether oxygens (including phenoxy) is 2. The number of hydrazone groups is 1. The summed E-state index contributed by atoms with van der Waals surface area (Å²) >= 11 is 0. The van der Waals surface area contributed by atoms with Crippen molar-refractivity contribution in [2.24, 2.45) is 5.10 Å². The Labute approximate surface area is 156 Å². The number of carbonyl (C=O) groups excluding carboxylic acids is 1. The molecule has 2 aromatic rings. The summed E-state index contributed by atoms with van der Waals surface area (Å²) in [6.07, 6.45) is 1.27. The molecule has 0 unspecified atom stereocenters. The van der Waals surface area contributed by atoms with Crippen molar-refractivity contribution in [1.82, 2.24) is 5.43 Å². The SMILES string of the molecule is COc1cc(OC)c([N+](=O)[O-])cc1/C=N/NC(=O)CNc1ccc(C)cc1. The van der Waals surface area contributed by atoms with Crippen LogP contribution in [-0.4, -0.2) is 37.8 Å². The average molecular weight is 372 g/mol. The van der Waals surface area contributed by atoms with E-state index in [0.717, 1.165) is 11.3 Å². The van der Waals surface area contributed by atoms with Gasteiger partial charge in [0.05, 0.1) is 31.9 Å². The molecule has 0 spiro atoms. The summed E-state index contributed by atoms with van der Waals surface area (Å²) < 4.78 is 10.2. The van der Waals surface area contributed by atoms with E-state index in [4.69, 9.17) is 9.47 Å². The number of carbonyl (C=O) groups is 1. The molecule has 0 bridgehead atoms. The van der Waals surface area contributed by atoms with Crippen molar-refractivity contribution in [3.63, 3.8) is 0 Å². The van der Waals surface area contributed by atoms with E-state index in [1.807, 2.05) is 31.2 Å². The lowest BCUT2D eigenvalue weighted by molar-refractivity contribution is -0.385. The van der Waals surface area contributed by atoms with Gasteiger partial charge in [-0.1, -0.05) is 17.7 Å². The number of amides is 1. The molecule has 2 rings (SSSR count). The zero-order chi connectivity index (χ0) is 19.8. The quantitative estimate of drug-likeness (QED) is 0.418. The number of hydrogen-bond donors (Lipinski definition) is 2. The number of nitro benzene ring substituents is 1. The highest BCUT2D eigenvalue weighted by Gasteiger charge is 2.18. The van der Waals surface area contributed by atoms with Crippen LogP contribution in [0, 0.1) is 17.0 Å². The first-order chi connectivity index (χ1) is 12.9. The lowest BCUT2D eigenvalue weighted by atomic mass is 10.1. The zero-order valence-corrected chi connectivity index (χ0v) is 15.2. The molecule has 0 saturated heterocycles. The Bertz CT molecular complexity index is 850. The van der Waals surface area contributed by atoms with Gasteiger partial charge in [-0.3, -0.25) is 14.9 Å². The second-order valence-electron chi connectivity index (χ2n) is 5.54. The van der Waals surface area contributed by atoms with E-state index in [9.17, 15) is 14.9 Å². The molecule has 2 aromatic carbocycles. The number of anilines is 1. The second-order valence-corrected chi connectivity index (χ2v) is 5.54. The second kappa shape index (κ2) is 9.18. The first-order valence-corrected chi connectivity index (χ1v) is 7.97. The predicted octanol–water partition coefficient (Wildman–Crippen LogP) is 2.48. The molecule has 0 heterocycles. The van der Waals surface area contributed by atoms with Crippen molar-refractivity contribution in [2.75, 3.05) is 26.1 Å². The van der Waals surface area contributed by atoms with Gasteiger partial charge in [0.2, 0.25) is 5.75 Å². The summed E-state index contributed by atoms with van der Waals surface area (Å²) in [7, 11) is 2.75. The molecule has 0 aliphatic heterocycles. The zero-order valence-electron chi connectivity index (χ0n) is 15.2. The van der Waals surface area contributed by atoms with E-state index in [0.29, 0.717) is 11.3 Å². The molecule has 9 heteroatoms. The van der Waals surface area contributed by atoms with Crippen molar-refractivity contribution in [3.05, 3.63) is 57.6 Å². The Morgan fingerprint density at radius 1 is 1.19 bits per heavy atom. The van der Waals surface area contributed by atoms with Gasteiger partial charge in [0, 0.05) is 23.4 Å². The first kappa shape index (κ1) is 19.7. The van der Waals surface area contributed by atoms with Crippen molar-refractivity contribution < 1.29 is 19.2 Å². The largest absolute Gasteiger partial charge is 0.496 e. The third kappa shape index (κ3) is 5.43. The number of hydrogen-bond acceptors (Lipinski definition) is 7. The maximum atomic E-state index is 11.9. The van der Waals surface area contributed by atoms with Gasteiger partial charge < -0.3 is 14.8 Å².